The summed E-state index contributed by atoms with van der Waals surface area (Å²) in [6, 6.07) is 5.67. The van der Waals surface area contributed by atoms with Gasteiger partial charge in [0.05, 0.1) is 13.5 Å². The lowest BCUT2D eigenvalue weighted by Crippen LogP contribution is -2.26. The Labute approximate surface area is 154 Å². The number of carbonyl (C=O) groups excluding carboxylic acids is 1. The fourth-order valence-electron chi connectivity index (χ4n) is 2.94. The first-order valence-corrected chi connectivity index (χ1v) is 9.09. The third kappa shape index (κ3) is 6.92. The van der Waals surface area contributed by atoms with Crippen molar-refractivity contribution in [2.24, 2.45) is 0 Å². The summed E-state index contributed by atoms with van der Waals surface area (Å²) in [4.78, 5) is 24.5. The molecule has 0 unspecified atom stereocenters. The van der Waals surface area contributed by atoms with Gasteiger partial charge in [0, 0.05) is 25.6 Å². The molecule has 1 amide bonds. The molecule has 1 aromatic rings. The van der Waals surface area contributed by atoms with Crippen molar-refractivity contribution in [3.63, 3.8) is 0 Å². The first-order valence-electron chi connectivity index (χ1n) is 9.09. The molecule has 144 valence electrons. The molecule has 7 nitrogen and oxygen atoms in total. The third-order valence-electron chi connectivity index (χ3n) is 4.42. The number of ether oxygens (including phenoxy) is 2. The number of hydrogen-bond acceptors (Lipinski definition) is 5. The number of nitrogens with one attached hydrogen (secondary N) is 1. The Kier molecular flexibility index (Phi) is 8.21. The lowest BCUT2D eigenvalue weighted by Gasteiger charge is -2.17. The van der Waals surface area contributed by atoms with Crippen molar-refractivity contribution in [3.8, 4) is 11.5 Å². The first-order chi connectivity index (χ1) is 12.6. The van der Waals surface area contributed by atoms with E-state index in [1.165, 1.54) is 12.8 Å². The fourth-order valence-corrected chi connectivity index (χ4v) is 2.94. The van der Waals surface area contributed by atoms with Gasteiger partial charge in [-0.3, -0.25) is 14.5 Å². The van der Waals surface area contributed by atoms with Crippen molar-refractivity contribution >= 4 is 11.9 Å². The molecule has 0 bridgehead atoms. The first kappa shape index (κ1) is 20.0. The highest BCUT2D eigenvalue weighted by Gasteiger charge is 2.12. The van der Waals surface area contributed by atoms with Gasteiger partial charge >= 0.3 is 5.97 Å². The van der Waals surface area contributed by atoms with Crippen molar-refractivity contribution in [1.29, 1.82) is 0 Å². The van der Waals surface area contributed by atoms with Crippen LogP contribution in [0.25, 0.3) is 0 Å². The zero-order chi connectivity index (χ0) is 18.8. The van der Waals surface area contributed by atoms with Crippen LogP contribution >= 0.6 is 0 Å². The summed E-state index contributed by atoms with van der Waals surface area (Å²) in [5, 5.41) is 11.3. The van der Waals surface area contributed by atoms with Gasteiger partial charge in [0.25, 0.3) is 0 Å². The summed E-state index contributed by atoms with van der Waals surface area (Å²) in [5.74, 6) is 0.278. The molecule has 0 aromatic heterocycles. The molecule has 0 saturated carbocycles. The van der Waals surface area contributed by atoms with Crippen LogP contribution < -0.4 is 14.8 Å². The van der Waals surface area contributed by atoms with Gasteiger partial charge in [-0.15, -0.1) is 0 Å². The number of aliphatic carboxylic acids is 1. The number of carboxylic acid groups (broad SMARTS) is 1. The van der Waals surface area contributed by atoms with Crippen LogP contribution in [0.5, 0.6) is 11.5 Å². The van der Waals surface area contributed by atoms with Crippen LogP contribution in [-0.2, 0) is 16.0 Å². The molecule has 1 aromatic carbocycles. The van der Waals surface area contributed by atoms with Crippen LogP contribution in [0.4, 0.5) is 0 Å². The van der Waals surface area contributed by atoms with Crippen LogP contribution in [0.2, 0.25) is 0 Å². The van der Waals surface area contributed by atoms with E-state index >= 15 is 0 Å². The van der Waals surface area contributed by atoms with E-state index in [4.69, 9.17) is 14.6 Å². The normalized spacial score (nSPS) is 14.2. The maximum atomic E-state index is 11.6. The maximum Gasteiger partial charge on any atom is 0.303 e. The number of likely N-dealkylation sites (tertiary alicyclic amines) is 1. The topological polar surface area (TPSA) is 88.1 Å². The number of rotatable bonds is 11. The summed E-state index contributed by atoms with van der Waals surface area (Å²) in [6.07, 6.45) is 2.97. The van der Waals surface area contributed by atoms with Gasteiger partial charge in [0.15, 0.2) is 0 Å². The highest BCUT2D eigenvalue weighted by molar-refractivity contribution is 5.80. The average Bonchev–Trinajstić information content (AvgIpc) is 3.14. The second-order valence-corrected chi connectivity index (χ2v) is 6.36. The van der Waals surface area contributed by atoms with E-state index in [1.54, 1.807) is 7.11 Å². The van der Waals surface area contributed by atoms with Crippen LogP contribution in [0.3, 0.4) is 0 Å². The fraction of sp³-hybridized carbons (Fsp3) is 0.579. The molecule has 26 heavy (non-hydrogen) atoms. The van der Waals surface area contributed by atoms with Crippen LogP contribution in [0.15, 0.2) is 18.2 Å². The van der Waals surface area contributed by atoms with E-state index in [0.29, 0.717) is 19.6 Å². The van der Waals surface area contributed by atoms with Gasteiger partial charge in [-0.2, -0.15) is 0 Å². The monoisotopic (exact) mass is 364 g/mol. The maximum absolute atomic E-state index is 11.6. The molecule has 1 fully saturated rings. The summed E-state index contributed by atoms with van der Waals surface area (Å²) in [6.45, 7) is 4.23. The van der Waals surface area contributed by atoms with Gasteiger partial charge in [-0.1, -0.05) is 6.07 Å². The molecule has 0 atom stereocenters. The van der Waals surface area contributed by atoms with Crippen LogP contribution in [0.1, 0.15) is 31.2 Å². The lowest BCUT2D eigenvalue weighted by atomic mass is 10.1. The Morgan fingerprint density at radius 3 is 2.69 bits per heavy atom. The Balaban J connectivity index is 1.83. The number of amides is 1. The van der Waals surface area contributed by atoms with Crippen LogP contribution in [0, 0.1) is 0 Å². The Morgan fingerprint density at radius 1 is 1.23 bits per heavy atom. The lowest BCUT2D eigenvalue weighted by molar-refractivity contribution is -0.138. The highest BCUT2D eigenvalue weighted by Crippen LogP contribution is 2.25. The van der Waals surface area contributed by atoms with E-state index in [2.05, 4.69) is 10.2 Å². The number of carbonyl (C=O) groups is 2. The predicted molar refractivity (Wildman–Crippen MR) is 97.7 cm³/mol. The molecule has 1 aliphatic heterocycles. The minimum atomic E-state index is -0.969. The van der Waals surface area contributed by atoms with Gasteiger partial charge in [-0.25, -0.2) is 0 Å². The zero-order valence-electron chi connectivity index (χ0n) is 15.3. The van der Waals surface area contributed by atoms with E-state index < -0.39 is 5.97 Å². The Hall–Kier alpha value is -2.28. The smallest absolute Gasteiger partial charge is 0.303 e. The van der Waals surface area contributed by atoms with Crippen molar-refractivity contribution in [2.75, 3.05) is 39.9 Å². The minimum Gasteiger partial charge on any atom is -0.497 e. The van der Waals surface area contributed by atoms with Gasteiger partial charge in [0.2, 0.25) is 5.91 Å². The minimum absolute atomic E-state index is 0.00284. The largest absolute Gasteiger partial charge is 0.497 e. The van der Waals surface area contributed by atoms with Crippen LogP contribution in [-0.4, -0.2) is 61.8 Å². The van der Waals surface area contributed by atoms with Crippen molar-refractivity contribution in [1.82, 2.24) is 10.2 Å². The Morgan fingerprint density at radius 2 is 2.00 bits per heavy atom. The molecule has 1 heterocycles. The molecule has 1 saturated heterocycles. The molecule has 1 aliphatic rings. The van der Waals surface area contributed by atoms with E-state index in [9.17, 15) is 9.59 Å². The summed E-state index contributed by atoms with van der Waals surface area (Å²) >= 11 is 0. The standard InChI is InChI=1S/C19H28N2O5/c1-25-16-5-4-15(8-9-20-18(22)6-7-19(23)24)17(14-16)26-13-12-21-10-2-3-11-21/h4-5,14H,2-3,6-13H2,1H3,(H,20,22)(H,23,24). The van der Waals surface area contributed by atoms with Crippen molar-refractivity contribution < 1.29 is 24.2 Å². The molecule has 7 heteroatoms. The summed E-state index contributed by atoms with van der Waals surface area (Å²) in [7, 11) is 1.62. The third-order valence-corrected chi connectivity index (χ3v) is 4.42. The molecular weight excluding hydrogens is 336 g/mol. The number of hydrogen-bond donors (Lipinski definition) is 2. The van der Waals surface area contributed by atoms with E-state index in [1.807, 2.05) is 18.2 Å². The molecule has 0 spiro atoms. The number of carboxylic acids is 1. The Bertz CT molecular complexity index is 600. The highest BCUT2D eigenvalue weighted by atomic mass is 16.5. The SMILES string of the molecule is COc1ccc(CCNC(=O)CCC(=O)O)c(OCCN2CCCC2)c1. The van der Waals surface area contributed by atoms with Crippen molar-refractivity contribution in [3.05, 3.63) is 23.8 Å². The number of methoxy groups -OCH3 is 1. The predicted octanol–water partition coefficient (Wildman–Crippen LogP) is 1.69. The second-order valence-electron chi connectivity index (χ2n) is 6.36. The molecule has 2 rings (SSSR count). The average molecular weight is 364 g/mol. The quantitative estimate of drug-likeness (QED) is 0.621. The van der Waals surface area contributed by atoms with E-state index in [0.717, 1.165) is 36.7 Å². The zero-order valence-corrected chi connectivity index (χ0v) is 15.3. The summed E-state index contributed by atoms with van der Waals surface area (Å²) in [5.41, 5.74) is 0.991. The second kappa shape index (κ2) is 10.7. The number of nitrogens with zero attached hydrogens (tertiary/aromatic N) is 1. The molecule has 2 N–H and O–H groups in total. The molecular formula is C19H28N2O5. The van der Waals surface area contributed by atoms with Gasteiger partial charge in [0.1, 0.15) is 18.1 Å². The van der Waals surface area contributed by atoms with Gasteiger partial charge in [-0.05, 0) is 44.0 Å². The molecule has 0 radical (unpaired) electrons. The summed E-state index contributed by atoms with van der Waals surface area (Å²) < 4.78 is 11.2. The molecule has 0 aliphatic carbocycles. The number of benzene rings is 1. The van der Waals surface area contributed by atoms with Gasteiger partial charge < -0.3 is 19.9 Å². The van der Waals surface area contributed by atoms with Crippen molar-refractivity contribution in [2.45, 2.75) is 32.1 Å². The van der Waals surface area contributed by atoms with E-state index in [-0.39, 0.29) is 18.7 Å².